The molecule has 0 aromatic rings. The van der Waals surface area contributed by atoms with Gasteiger partial charge in [-0.15, -0.1) is 0 Å². The van der Waals surface area contributed by atoms with Crippen LogP contribution in [-0.2, 0) is 9.13 Å². The zero-order chi connectivity index (χ0) is 13.4. The largest absolute Gasteiger partial charge is 0.289 e. The van der Waals surface area contributed by atoms with Gasteiger partial charge in [-0.2, -0.15) is 0 Å². The molecule has 104 valence electrons. The third-order valence-corrected chi connectivity index (χ3v) is 12.7. The summed E-state index contributed by atoms with van der Waals surface area (Å²) in [6.07, 6.45) is 4.60. The molecule has 4 rings (SSSR count). The van der Waals surface area contributed by atoms with Crippen molar-refractivity contribution in [2.45, 2.75) is 48.8 Å². The van der Waals surface area contributed by atoms with E-state index in [0.717, 1.165) is 32.1 Å². The molecule has 0 atom stereocenters. The summed E-state index contributed by atoms with van der Waals surface area (Å²) in [6.45, 7) is 0. The highest BCUT2D eigenvalue weighted by atomic mass is 35.9. The molecule has 4 fully saturated rings. The zero-order valence-electron chi connectivity index (χ0n) is 9.62. The molecule has 4 aliphatic carbocycles. The van der Waals surface area contributed by atoms with E-state index in [1.807, 2.05) is 0 Å². The van der Waals surface area contributed by atoms with Crippen molar-refractivity contribution in [2.24, 2.45) is 11.8 Å². The van der Waals surface area contributed by atoms with Crippen LogP contribution in [0.15, 0.2) is 0 Å². The molecule has 4 saturated carbocycles. The average Bonchev–Trinajstić information content (AvgIpc) is 2.11. The molecule has 0 unspecified atom stereocenters. The molecule has 0 heterocycles. The van der Waals surface area contributed by atoms with Gasteiger partial charge in [0.2, 0.25) is 0 Å². The van der Waals surface area contributed by atoms with Gasteiger partial charge in [0, 0.05) is 0 Å². The lowest BCUT2D eigenvalue weighted by atomic mass is 9.55. The molecule has 0 N–H and O–H groups in total. The topological polar surface area (TPSA) is 34.1 Å². The number of rotatable bonds is 2. The fourth-order valence-electron chi connectivity index (χ4n) is 4.78. The number of hydrogen-bond donors (Lipinski definition) is 0. The first-order chi connectivity index (χ1) is 8.07. The van der Waals surface area contributed by atoms with E-state index < -0.39 is 22.0 Å². The first-order valence-electron chi connectivity index (χ1n) is 6.06. The first-order valence-corrected chi connectivity index (χ1v) is 13.1. The van der Waals surface area contributed by atoms with Gasteiger partial charge in [-0.05, 0) is 95.3 Å². The highest BCUT2D eigenvalue weighted by Crippen LogP contribution is 2.85. The zero-order valence-corrected chi connectivity index (χ0v) is 14.4. The van der Waals surface area contributed by atoms with Crippen LogP contribution in [0.3, 0.4) is 0 Å². The Morgan fingerprint density at radius 2 is 1.11 bits per heavy atom. The highest BCUT2D eigenvalue weighted by Gasteiger charge is 2.67. The van der Waals surface area contributed by atoms with Gasteiger partial charge >= 0.3 is 0 Å². The van der Waals surface area contributed by atoms with Crippen molar-refractivity contribution in [3.8, 4) is 0 Å². The predicted octanol–water partition coefficient (Wildman–Crippen LogP) is 6.42. The van der Waals surface area contributed by atoms with E-state index in [1.54, 1.807) is 0 Å². The standard InChI is InChI=1S/C10H14Cl4O2P2/c11-17(12,15)9-2-7-1-8(4-9)5-10(3-7,6-9)18(13,14)16/h7-8H,1-6H2. The Labute approximate surface area is 126 Å². The van der Waals surface area contributed by atoms with Crippen molar-refractivity contribution in [3.05, 3.63) is 0 Å². The van der Waals surface area contributed by atoms with E-state index in [0.29, 0.717) is 18.3 Å². The van der Waals surface area contributed by atoms with Crippen LogP contribution in [0, 0.1) is 11.8 Å². The molecule has 18 heavy (non-hydrogen) atoms. The number of hydrogen-bond acceptors (Lipinski definition) is 2. The van der Waals surface area contributed by atoms with Crippen LogP contribution < -0.4 is 0 Å². The Morgan fingerprint density at radius 3 is 1.39 bits per heavy atom. The Bertz CT molecular complexity index is 428. The smallest absolute Gasteiger partial charge is 0.259 e. The van der Waals surface area contributed by atoms with E-state index in [9.17, 15) is 9.13 Å². The maximum absolute atomic E-state index is 12.3. The van der Waals surface area contributed by atoms with Crippen molar-refractivity contribution >= 4 is 56.7 Å². The molecule has 0 saturated heterocycles. The first kappa shape index (κ1) is 14.6. The van der Waals surface area contributed by atoms with Crippen molar-refractivity contribution < 1.29 is 9.13 Å². The lowest BCUT2D eigenvalue weighted by Crippen LogP contribution is -2.56. The van der Waals surface area contributed by atoms with Crippen LogP contribution in [-0.4, -0.2) is 10.3 Å². The molecule has 8 heteroatoms. The fraction of sp³-hybridized carbons (Fsp3) is 1.00. The summed E-state index contributed by atoms with van der Waals surface area (Å²) < 4.78 is 24.6. The van der Waals surface area contributed by atoms with Crippen molar-refractivity contribution in [3.63, 3.8) is 0 Å². The van der Waals surface area contributed by atoms with E-state index in [2.05, 4.69) is 0 Å². The molecule has 0 aromatic carbocycles. The van der Waals surface area contributed by atoms with Crippen LogP contribution in [0.25, 0.3) is 0 Å². The van der Waals surface area contributed by atoms with Crippen molar-refractivity contribution in [1.82, 2.24) is 0 Å². The molecular weight excluding hydrogens is 356 g/mol. The van der Waals surface area contributed by atoms with Crippen LogP contribution in [0.1, 0.15) is 38.5 Å². The fourth-order valence-corrected chi connectivity index (χ4v) is 10.1. The normalized spacial score (nSPS) is 47.6. The molecular formula is C10H14Cl4O2P2. The Kier molecular flexibility index (Phi) is 3.30. The third kappa shape index (κ3) is 1.98. The van der Waals surface area contributed by atoms with E-state index in [-0.39, 0.29) is 0 Å². The van der Waals surface area contributed by atoms with E-state index in [1.165, 1.54) is 0 Å². The Balaban J connectivity index is 2.09. The molecule has 0 spiro atoms. The average molecular weight is 370 g/mol. The van der Waals surface area contributed by atoms with Crippen molar-refractivity contribution in [1.29, 1.82) is 0 Å². The van der Waals surface area contributed by atoms with Gasteiger partial charge in [0.15, 0.2) is 0 Å². The molecule has 0 amide bonds. The van der Waals surface area contributed by atoms with Crippen LogP contribution in [0.2, 0.25) is 0 Å². The second-order valence-electron chi connectivity index (χ2n) is 6.33. The summed E-state index contributed by atoms with van der Waals surface area (Å²) in [6, 6.07) is 0. The maximum Gasteiger partial charge on any atom is 0.259 e. The van der Waals surface area contributed by atoms with Gasteiger partial charge in [0.1, 0.15) is 0 Å². The SMILES string of the molecule is O=P(Cl)(Cl)C12CC3CC(C1)CC(P(=O)(Cl)Cl)(C3)C2. The Hall–Kier alpha value is 1.62. The van der Waals surface area contributed by atoms with Gasteiger partial charge in [-0.1, -0.05) is 0 Å². The molecule has 0 aliphatic heterocycles. The van der Waals surface area contributed by atoms with Crippen LogP contribution >= 0.6 is 56.7 Å². The summed E-state index contributed by atoms with van der Waals surface area (Å²) in [5.41, 5.74) is 0. The summed E-state index contributed by atoms with van der Waals surface area (Å²) >= 11 is 24.0. The minimum Gasteiger partial charge on any atom is -0.289 e. The van der Waals surface area contributed by atoms with E-state index >= 15 is 0 Å². The lowest BCUT2D eigenvalue weighted by Gasteiger charge is -2.61. The molecule has 0 radical (unpaired) electrons. The molecule has 0 aromatic heterocycles. The van der Waals surface area contributed by atoms with Gasteiger partial charge in [-0.3, -0.25) is 9.13 Å². The molecule has 4 aliphatic rings. The minimum atomic E-state index is -3.27. The van der Waals surface area contributed by atoms with Crippen LogP contribution in [0.4, 0.5) is 0 Å². The van der Waals surface area contributed by atoms with Gasteiger partial charge in [-0.25, -0.2) is 0 Å². The van der Waals surface area contributed by atoms with E-state index in [4.69, 9.17) is 45.0 Å². The Morgan fingerprint density at radius 1 is 0.778 bits per heavy atom. The quantitative estimate of drug-likeness (QED) is 0.526. The summed E-state index contributed by atoms with van der Waals surface area (Å²) in [4.78, 5) is 0. The molecule has 2 nitrogen and oxygen atoms in total. The monoisotopic (exact) mass is 368 g/mol. The minimum absolute atomic E-state index is 0.364. The van der Waals surface area contributed by atoms with Gasteiger partial charge < -0.3 is 0 Å². The maximum atomic E-state index is 12.3. The summed E-state index contributed by atoms with van der Waals surface area (Å²) in [5, 5.41) is -1.20. The third-order valence-electron chi connectivity index (χ3n) is 5.10. The molecule has 4 bridgehead atoms. The summed E-state index contributed by atoms with van der Waals surface area (Å²) in [7, 11) is 0. The number of halogens is 4. The van der Waals surface area contributed by atoms with Crippen LogP contribution in [0.5, 0.6) is 0 Å². The highest BCUT2D eigenvalue weighted by molar-refractivity contribution is 8.10. The van der Waals surface area contributed by atoms with Gasteiger partial charge in [0.05, 0.1) is 10.3 Å². The second kappa shape index (κ2) is 4.08. The second-order valence-corrected chi connectivity index (χ2v) is 16.8. The predicted molar refractivity (Wildman–Crippen MR) is 78.8 cm³/mol. The lowest BCUT2D eigenvalue weighted by molar-refractivity contribution is 0.0499. The van der Waals surface area contributed by atoms with Crippen molar-refractivity contribution in [2.75, 3.05) is 0 Å². The van der Waals surface area contributed by atoms with Gasteiger partial charge in [0.25, 0.3) is 11.7 Å². The summed E-state index contributed by atoms with van der Waals surface area (Å²) in [5.74, 6) is -5.81.